The highest BCUT2D eigenvalue weighted by atomic mass is 16.5. The zero-order valence-electron chi connectivity index (χ0n) is 16.3. The molecule has 2 heterocycles. The molecule has 28 heavy (non-hydrogen) atoms. The van der Waals surface area contributed by atoms with Crippen molar-refractivity contribution < 1.29 is 9.26 Å². The third-order valence-electron chi connectivity index (χ3n) is 4.83. The molecule has 0 bridgehead atoms. The number of aromatic nitrogens is 2. The molecule has 2 aromatic carbocycles. The summed E-state index contributed by atoms with van der Waals surface area (Å²) in [6, 6.07) is 13.7. The molecule has 4 rings (SSSR count). The number of fused-ring (bicyclic) bond motifs is 1. The fourth-order valence-corrected chi connectivity index (χ4v) is 3.52. The van der Waals surface area contributed by atoms with E-state index in [4.69, 9.17) is 9.26 Å². The molecule has 0 radical (unpaired) electrons. The maximum absolute atomic E-state index is 9.44. The van der Waals surface area contributed by atoms with Crippen LogP contribution in [0.1, 0.15) is 30.5 Å². The van der Waals surface area contributed by atoms with Gasteiger partial charge in [0.25, 0.3) is 5.89 Å². The minimum absolute atomic E-state index is 0.00346. The zero-order chi connectivity index (χ0) is 19.7. The Bertz CT molecular complexity index is 1050. The highest BCUT2D eigenvalue weighted by Crippen LogP contribution is 2.31. The van der Waals surface area contributed by atoms with Gasteiger partial charge in [-0.1, -0.05) is 23.4 Å². The zero-order valence-corrected chi connectivity index (χ0v) is 16.3. The van der Waals surface area contributed by atoms with Gasteiger partial charge in [-0.3, -0.25) is 0 Å². The number of nitrogens with zero attached hydrogens (tertiary/aromatic N) is 4. The fourth-order valence-electron chi connectivity index (χ4n) is 3.52. The molecule has 0 unspecified atom stereocenters. The summed E-state index contributed by atoms with van der Waals surface area (Å²) in [5, 5.41) is 13.6. The van der Waals surface area contributed by atoms with Crippen molar-refractivity contribution in [3.05, 3.63) is 53.1 Å². The van der Waals surface area contributed by atoms with Crippen LogP contribution >= 0.6 is 0 Å². The topological polar surface area (TPSA) is 75.2 Å². The summed E-state index contributed by atoms with van der Waals surface area (Å²) in [6.45, 7) is 5.80. The van der Waals surface area contributed by atoms with Crippen LogP contribution in [0.25, 0.3) is 22.8 Å². The second-order valence-electron chi connectivity index (χ2n) is 7.34. The number of nitriles is 1. The lowest BCUT2D eigenvalue weighted by Gasteiger charge is -2.26. The van der Waals surface area contributed by atoms with E-state index in [2.05, 4.69) is 34.2 Å². The Labute approximate surface area is 164 Å². The smallest absolute Gasteiger partial charge is 0.258 e. The van der Waals surface area contributed by atoms with E-state index in [0.717, 1.165) is 25.1 Å². The fraction of sp³-hybridized carbons (Fsp3) is 0.318. The first-order valence-corrected chi connectivity index (χ1v) is 9.39. The van der Waals surface area contributed by atoms with E-state index in [9.17, 15) is 5.26 Å². The van der Waals surface area contributed by atoms with Gasteiger partial charge in [-0.15, -0.1) is 0 Å². The number of likely N-dealkylation sites (N-methyl/N-ethyl adjacent to an activating group) is 1. The molecule has 142 valence electrons. The minimum Gasteiger partial charge on any atom is -0.490 e. The summed E-state index contributed by atoms with van der Waals surface area (Å²) in [5.41, 5.74) is 4.76. The average molecular weight is 374 g/mol. The molecule has 0 saturated heterocycles. The van der Waals surface area contributed by atoms with Crippen molar-refractivity contribution in [1.29, 1.82) is 5.26 Å². The Morgan fingerprint density at radius 1 is 1.25 bits per heavy atom. The average Bonchev–Trinajstić information content (AvgIpc) is 3.17. The van der Waals surface area contributed by atoms with E-state index < -0.39 is 0 Å². The van der Waals surface area contributed by atoms with Crippen molar-refractivity contribution >= 4 is 0 Å². The quantitative estimate of drug-likeness (QED) is 0.686. The van der Waals surface area contributed by atoms with E-state index >= 15 is 0 Å². The van der Waals surface area contributed by atoms with Gasteiger partial charge in [-0.2, -0.15) is 10.2 Å². The van der Waals surface area contributed by atoms with Crippen molar-refractivity contribution in [2.24, 2.45) is 0 Å². The lowest BCUT2D eigenvalue weighted by atomic mass is 9.94. The van der Waals surface area contributed by atoms with Gasteiger partial charge in [0.15, 0.2) is 0 Å². The van der Waals surface area contributed by atoms with Crippen molar-refractivity contribution in [3.63, 3.8) is 0 Å². The van der Waals surface area contributed by atoms with Crippen LogP contribution < -0.4 is 4.74 Å². The predicted molar refractivity (Wildman–Crippen MR) is 106 cm³/mol. The first kappa shape index (κ1) is 18.2. The van der Waals surface area contributed by atoms with Gasteiger partial charge >= 0.3 is 0 Å². The molecule has 0 atom stereocenters. The molecule has 6 nitrogen and oxygen atoms in total. The molecule has 1 aromatic heterocycles. The molecule has 0 N–H and O–H groups in total. The van der Waals surface area contributed by atoms with Gasteiger partial charge in [0, 0.05) is 24.2 Å². The van der Waals surface area contributed by atoms with Crippen molar-refractivity contribution in [2.75, 3.05) is 13.6 Å². The van der Waals surface area contributed by atoms with E-state index in [1.54, 1.807) is 12.1 Å². The molecule has 0 saturated carbocycles. The van der Waals surface area contributed by atoms with Gasteiger partial charge in [-0.25, -0.2) is 0 Å². The Morgan fingerprint density at radius 2 is 2.11 bits per heavy atom. The van der Waals surface area contributed by atoms with Crippen LogP contribution in [-0.2, 0) is 13.0 Å². The first-order valence-electron chi connectivity index (χ1n) is 9.39. The van der Waals surface area contributed by atoms with Crippen molar-refractivity contribution in [1.82, 2.24) is 15.0 Å². The second-order valence-corrected chi connectivity index (χ2v) is 7.34. The molecule has 1 aliphatic heterocycles. The summed E-state index contributed by atoms with van der Waals surface area (Å²) in [6.07, 6.45) is 0.961. The lowest BCUT2D eigenvalue weighted by Crippen LogP contribution is -2.26. The molecule has 0 aliphatic carbocycles. The van der Waals surface area contributed by atoms with Crippen LogP contribution in [0.5, 0.6) is 5.75 Å². The standard InChI is InChI=1S/C22H22N4O2/c1-14(2)27-20-8-7-15(11-17(20)12-23)22-24-21(25-28-22)19-6-4-5-16-13-26(3)10-9-18(16)19/h4-8,11,14H,9-10,13H2,1-3H3. The highest BCUT2D eigenvalue weighted by molar-refractivity contribution is 5.66. The van der Waals surface area contributed by atoms with Gasteiger partial charge in [0.05, 0.1) is 11.7 Å². The number of hydrogen-bond acceptors (Lipinski definition) is 6. The SMILES string of the molecule is CC(C)Oc1ccc(-c2nc(-c3cccc4c3CCN(C)C4)no2)cc1C#N. The van der Waals surface area contributed by atoms with Gasteiger partial charge in [-0.05, 0) is 56.6 Å². The highest BCUT2D eigenvalue weighted by Gasteiger charge is 2.20. The second kappa shape index (κ2) is 7.45. The first-order chi connectivity index (χ1) is 13.5. The third kappa shape index (κ3) is 3.49. The van der Waals surface area contributed by atoms with Crippen LogP contribution in [0.15, 0.2) is 40.9 Å². The summed E-state index contributed by atoms with van der Waals surface area (Å²) in [7, 11) is 2.13. The van der Waals surface area contributed by atoms with Crippen LogP contribution in [-0.4, -0.2) is 34.7 Å². The van der Waals surface area contributed by atoms with Crippen LogP contribution in [0.4, 0.5) is 0 Å². The molecule has 0 spiro atoms. The van der Waals surface area contributed by atoms with E-state index in [-0.39, 0.29) is 6.10 Å². The summed E-state index contributed by atoms with van der Waals surface area (Å²) < 4.78 is 11.2. The molecule has 3 aromatic rings. The van der Waals surface area contributed by atoms with Gasteiger partial charge in [0.2, 0.25) is 5.82 Å². The Balaban J connectivity index is 1.68. The lowest BCUT2D eigenvalue weighted by molar-refractivity contribution is 0.242. The molecular weight excluding hydrogens is 352 g/mol. The Morgan fingerprint density at radius 3 is 2.89 bits per heavy atom. The number of rotatable bonds is 4. The molecule has 6 heteroatoms. The summed E-state index contributed by atoms with van der Waals surface area (Å²) >= 11 is 0. The predicted octanol–water partition coefficient (Wildman–Crippen LogP) is 4.05. The van der Waals surface area contributed by atoms with Crippen LogP contribution in [0.2, 0.25) is 0 Å². The maximum atomic E-state index is 9.44. The molecular formula is C22H22N4O2. The normalized spacial score (nSPS) is 14.0. The number of benzene rings is 2. The van der Waals surface area contributed by atoms with E-state index in [0.29, 0.717) is 28.6 Å². The monoisotopic (exact) mass is 374 g/mol. The maximum Gasteiger partial charge on any atom is 0.258 e. The minimum atomic E-state index is -0.00346. The van der Waals surface area contributed by atoms with E-state index in [1.807, 2.05) is 32.0 Å². The van der Waals surface area contributed by atoms with Crippen molar-refractivity contribution in [3.8, 4) is 34.7 Å². The van der Waals surface area contributed by atoms with E-state index in [1.165, 1.54) is 11.1 Å². The van der Waals surface area contributed by atoms with Gasteiger partial charge < -0.3 is 14.2 Å². The summed E-state index contributed by atoms with van der Waals surface area (Å²) in [5.74, 6) is 1.53. The van der Waals surface area contributed by atoms with Crippen LogP contribution in [0, 0.1) is 11.3 Å². The van der Waals surface area contributed by atoms with Gasteiger partial charge in [0.1, 0.15) is 11.8 Å². The summed E-state index contributed by atoms with van der Waals surface area (Å²) in [4.78, 5) is 6.91. The third-order valence-corrected chi connectivity index (χ3v) is 4.83. The molecule has 1 aliphatic rings. The molecule has 0 fully saturated rings. The molecule has 0 amide bonds. The van der Waals surface area contributed by atoms with Crippen molar-refractivity contribution in [2.45, 2.75) is 32.9 Å². The Kier molecular flexibility index (Phi) is 4.84. The Hall–Kier alpha value is -3.17. The largest absolute Gasteiger partial charge is 0.490 e. The van der Waals surface area contributed by atoms with Crippen LogP contribution in [0.3, 0.4) is 0 Å². The number of ether oxygens (including phenoxy) is 1. The number of hydrogen-bond donors (Lipinski definition) is 0.